The summed E-state index contributed by atoms with van der Waals surface area (Å²) in [5, 5.41) is -0.615. The Kier molecular flexibility index (Phi) is 3.64. The van der Waals surface area contributed by atoms with Crippen LogP contribution < -0.4 is 0 Å². The molecular weight excluding hydrogens is 286 g/mol. The zero-order chi connectivity index (χ0) is 15.2. The summed E-state index contributed by atoms with van der Waals surface area (Å²) >= 11 is 0. The van der Waals surface area contributed by atoms with Gasteiger partial charge in [-0.25, -0.2) is 8.42 Å². The lowest BCUT2D eigenvalue weighted by atomic mass is 9.84. The Morgan fingerprint density at radius 3 is 2.33 bits per heavy atom. The van der Waals surface area contributed by atoms with Crippen LogP contribution >= 0.6 is 0 Å². The minimum atomic E-state index is -3.00. The van der Waals surface area contributed by atoms with Crippen molar-refractivity contribution in [3.63, 3.8) is 0 Å². The first-order valence-corrected chi connectivity index (χ1v) is 9.21. The maximum atomic E-state index is 12.7. The zero-order valence-corrected chi connectivity index (χ0v) is 13.3. The van der Waals surface area contributed by atoms with Gasteiger partial charge in [-0.2, -0.15) is 0 Å². The number of aryl methyl sites for hydroxylation is 2. The summed E-state index contributed by atoms with van der Waals surface area (Å²) < 4.78 is 24.6. The first-order chi connectivity index (χ1) is 9.89. The number of aromatic nitrogens is 1. The molecule has 3 heterocycles. The molecule has 2 aliphatic heterocycles. The summed E-state index contributed by atoms with van der Waals surface area (Å²) in [7, 11) is -3.00. The van der Waals surface area contributed by atoms with E-state index in [1.165, 1.54) is 0 Å². The Balaban J connectivity index is 1.87. The largest absolute Gasteiger partial charge is 0.294 e. The van der Waals surface area contributed by atoms with Crippen molar-refractivity contribution in [3.8, 4) is 0 Å². The van der Waals surface area contributed by atoms with E-state index in [1.807, 2.05) is 26.0 Å². The van der Waals surface area contributed by atoms with Gasteiger partial charge >= 0.3 is 0 Å². The fourth-order valence-electron chi connectivity index (χ4n) is 3.79. The molecule has 0 aromatic carbocycles. The maximum Gasteiger partial charge on any atom is 0.167 e. The summed E-state index contributed by atoms with van der Waals surface area (Å²) in [6.07, 6.45) is 3.39. The van der Waals surface area contributed by atoms with E-state index in [4.69, 9.17) is 0 Å². The molecule has 2 atom stereocenters. The van der Waals surface area contributed by atoms with E-state index in [2.05, 4.69) is 4.98 Å². The molecule has 21 heavy (non-hydrogen) atoms. The minimum absolute atomic E-state index is 0.0757. The standard InChI is InChI=1S/C16H21NO3S/c1-10-6-7-15(11(2)17-10)16(18)12-8-13-4-3-5-14(9-12)21(13,19)20/h6-7,12-14H,3-5,8-9H2,1-2H3. The number of carbonyl (C=O) groups is 1. The third-order valence-electron chi connectivity index (χ3n) is 4.94. The van der Waals surface area contributed by atoms with Crippen molar-refractivity contribution in [2.75, 3.05) is 0 Å². The molecule has 0 saturated carbocycles. The number of pyridine rings is 1. The number of hydrogen-bond donors (Lipinski definition) is 0. The zero-order valence-electron chi connectivity index (χ0n) is 12.5. The summed E-state index contributed by atoms with van der Waals surface area (Å²) in [5.74, 6) is -0.0844. The molecule has 3 rings (SSSR count). The lowest BCUT2D eigenvalue weighted by Gasteiger charge is -2.38. The number of ketones is 1. The minimum Gasteiger partial charge on any atom is -0.294 e. The van der Waals surface area contributed by atoms with E-state index >= 15 is 0 Å². The van der Waals surface area contributed by atoms with Crippen molar-refractivity contribution < 1.29 is 13.2 Å². The smallest absolute Gasteiger partial charge is 0.167 e. The Morgan fingerprint density at radius 2 is 1.76 bits per heavy atom. The average molecular weight is 307 g/mol. The fraction of sp³-hybridized carbons (Fsp3) is 0.625. The molecule has 0 aliphatic carbocycles. The second-order valence-electron chi connectivity index (χ2n) is 6.38. The summed E-state index contributed by atoms with van der Waals surface area (Å²) in [4.78, 5) is 17.1. The second-order valence-corrected chi connectivity index (χ2v) is 8.89. The predicted molar refractivity (Wildman–Crippen MR) is 81.1 cm³/mol. The van der Waals surface area contributed by atoms with Crippen molar-refractivity contribution in [1.82, 2.24) is 4.98 Å². The Bertz CT molecular complexity index is 661. The third kappa shape index (κ3) is 2.52. The van der Waals surface area contributed by atoms with Gasteiger partial charge in [0.05, 0.1) is 10.5 Å². The van der Waals surface area contributed by atoms with E-state index in [0.29, 0.717) is 31.2 Å². The highest BCUT2D eigenvalue weighted by Gasteiger charge is 2.46. The Hall–Kier alpha value is -1.23. The number of sulfone groups is 1. The molecule has 0 N–H and O–H groups in total. The topological polar surface area (TPSA) is 64.1 Å². The lowest BCUT2D eigenvalue weighted by Crippen LogP contribution is -2.45. The number of Topliss-reactive ketones (excluding diaryl/α,β-unsaturated/α-hetero) is 1. The summed E-state index contributed by atoms with van der Waals surface area (Å²) in [6, 6.07) is 3.68. The number of carbonyl (C=O) groups excluding carboxylic acids is 1. The van der Waals surface area contributed by atoms with E-state index in [-0.39, 0.29) is 22.2 Å². The van der Waals surface area contributed by atoms with Gasteiger partial charge in [0.2, 0.25) is 0 Å². The van der Waals surface area contributed by atoms with Gasteiger partial charge in [0.25, 0.3) is 0 Å². The molecule has 2 bridgehead atoms. The molecule has 2 aliphatic rings. The van der Waals surface area contributed by atoms with Crippen LogP contribution in [0.15, 0.2) is 12.1 Å². The lowest BCUT2D eigenvalue weighted by molar-refractivity contribution is 0.0893. The van der Waals surface area contributed by atoms with Crippen LogP contribution in [-0.4, -0.2) is 29.7 Å². The van der Waals surface area contributed by atoms with Crippen LogP contribution in [0.4, 0.5) is 0 Å². The van der Waals surface area contributed by atoms with Gasteiger partial charge in [-0.3, -0.25) is 9.78 Å². The van der Waals surface area contributed by atoms with Crippen LogP contribution in [0, 0.1) is 19.8 Å². The van der Waals surface area contributed by atoms with Crippen molar-refractivity contribution in [2.24, 2.45) is 5.92 Å². The Morgan fingerprint density at radius 1 is 1.14 bits per heavy atom. The van der Waals surface area contributed by atoms with Gasteiger partial charge in [0.15, 0.2) is 15.6 Å². The molecule has 2 unspecified atom stereocenters. The molecule has 0 spiro atoms. The van der Waals surface area contributed by atoms with Gasteiger partial charge in [0, 0.05) is 22.9 Å². The SMILES string of the molecule is Cc1ccc(C(=O)C2CC3CCCC(C2)S3(=O)=O)c(C)n1. The molecule has 1 aromatic rings. The molecule has 114 valence electrons. The number of hydrogen-bond acceptors (Lipinski definition) is 4. The molecule has 2 saturated heterocycles. The number of fused-ring (bicyclic) bond motifs is 2. The van der Waals surface area contributed by atoms with Gasteiger partial charge in [-0.1, -0.05) is 6.42 Å². The number of rotatable bonds is 2. The first kappa shape index (κ1) is 14.7. The van der Waals surface area contributed by atoms with Crippen LogP contribution in [0.3, 0.4) is 0 Å². The highest BCUT2D eigenvalue weighted by atomic mass is 32.2. The van der Waals surface area contributed by atoms with E-state index < -0.39 is 9.84 Å². The van der Waals surface area contributed by atoms with Crippen molar-refractivity contribution in [1.29, 1.82) is 0 Å². The van der Waals surface area contributed by atoms with E-state index in [1.54, 1.807) is 0 Å². The molecule has 0 amide bonds. The summed E-state index contributed by atoms with van der Waals surface area (Å²) in [6.45, 7) is 3.75. The highest BCUT2D eigenvalue weighted by molar-refractivity contribution is 7.92. The van der Waals surface area contributed by atoms with Crippen LogP contribution in [-0.2, 0) is 9.84 Å². The van der Waals surface area contributed by atoms with Crippen LogP contribution in [0.25, 0.3) is 0 Å². The monoisotopic (exact) mass is 307 g/mol. The van der Waals surface area contributed by atoms with Gasteiger partial charge in [-0.05, 0) is 51.7 Å². The molecular formula is C16H21NO3S. The maximum absolute atomic E-state index is 12.7. The third-order valence-corrected chi connectivity index (χ3v) is 7.65. The van der Waals surface area contributed by atoms with Crippen LogP contribution in [0.1, 0.15) is 53.8 Å². The molecule has 0 radical (unpaired) electrons. The quantitative estimate of drug-likeness (QED) is 0.788. The first-order valence-electron chi connectivity index (χ1n) is 7.60. The van der Waals surface area contributed by atoms with Gasteiger partial charge in [-0.15, -0.1) is 0 Å². The Labute approximate surface area is 125 Å². The van der Waals surface area contributed by atoms with Gasteiger partial charge in [0.1, 0.15) is 0 Å². The van der Waals surface area contributed by atoms with Crippen molar-refractivity contribution in [2.45, 2.75) is 56.5 Å². The van der Waals surface area contributed by atoms with E-state index in [0.717, 1.165) is 17.8 Å². The molecule has 4 nitrogen and oxygen atoms in total. The van der Waals surface area contributed by atoms with Crippen molar-refractivity contribution in [3.05, 3.63) is 29.1 Å². The molecule has 5 heteroatoms. The normalized spacial score (nSPS) is 30.9. The molecule has 2 fully saturated rings. The van der Waals surface area contributed by atoms with Crippen LogP contribution in [0.2, 0.25) is 0 Å². The average Bonchev–Trinajstić information content (AvgIpc) is 2.36. The van der Waals surface area contributed by atoms with Crippen LogP contribution in [0.5, 0.6) is 0 Å². The summed E-state index contributed by atoms with van der Waals surface area (Å²) in [5.41, 5.74) is 2.30. The molecule has 1 aromatic heterocycles. The number of nitrogens with zero attached hydrogens (tertiary/aromatic N) is 1. The second kappa shape index (κ2) is 5.20. The predicted octanol–water partition coefficient (Wildman–Crippen LogP) is 2.63. The van der Waals surface area contributed by atoms with E-state index in [9.17, 15) is 13.2 Å². The van der Waals surface area contributed by atoms with Gasteiger partial charge < -0.3 is 0 Å². The fourth-order valence-corrected chi connectivity index (χ4v) is 6.33. The highest BCUT2D eigenvalue weighted by Crippen LogP contribution is 2.40. The van der Waals surface area contributed by atoms with Crippen molar-refractivity contribution >= 4 is 15.6 Å².